The first-order valence-corrected chi connectivity index (χ1v) is 4.87. The van der Waals surface area contributed by atoms with Crippen molar-refractivity contribution in [3.05, 3.63) is 34.9 Å². The standard InChI is InChI=1S/C9H6F3N5O2/c10-4-1-3(6(11)8(18)7(4)12)9(19)13-2-5-14-16-17-15-5/h1,18H,2H2,(H,13,19)(H,14,15,16,17). The Balaban J connectivity index is 2.20. The van der Waals surface area contributed by atoms with E-state index >= 15 is 0 Å². The van der Waals surface area contributed by atoms with Crippen LogP contribution in [0.1, 0.15) is 16.2 Å². The third kappa shape index (κ3) is 2.46. The minimum atomic E-state index is -1.76. The lowest BCUT2D eigenvalue weighted by molar-refractivity contribution is 0.0944. The number of benzene rings is 1. The molecule has 10 heteroatoms. The Morgan fingerprint density at radius 1 is 1.37 bits per heavy atom. The number of carbonyl (C=O) groups is 1. The first-order chi connectivity index (χ1) is 9.00. The van der Waals surface area contributed by atoms with Crippen molar-refractivity contribution in [1.29, 1.82) is 0 Å². The van der Waals surface area contributed by atoms with E-state index in [0.29, 0.717) is 6.07 Å². The topological polar surface area (TPSA) is 104 Å². The van der Waals surface area contributed by atoms with E-state index in [-0.39, 0.29) is 12.4 Å². The van der Waals surface area contributed by atoms with E-state index in [4.69, 9.17) is 5.11 Å². The maximum atomic E-state index is 13.4. The van der Waals surface area contributed by atoms with Crippen LogP contribution < -0.4 is 5.32 Å². The van der Waals surface area contributed by atoms with Crippen molar-refractivity contribution in [3.8, 4) is 5.75 Å². The first kappa shape index (κ1) is 12.8. The molecule has 1 aromatic heterocycles. The fourth-order valence-electron chi connectivity index (χ4n) is 1.27. The molecule has 7 nitrogen and oxygen atoms in total. The van der Waals surface area contributed by atoms with Crippen LogP contribution in [0.2, 0.25) is 0 Å². The van der Waals surface area contributed by atoms with Gasteiger partial charge in [0.15, 0.2) is 23.2 Å². The zero-order valence-corrected chi connectivity index (χ0v) is 9.12. The summed E-state index contributed by atoms with van der Waals surface area (Å²) in [5.41, 5.74) is -0.833. The summed E-state index contributed by atoms with van der Waals surface area (Å²) in [7, 11) is 0. The summed E-state index contributed by atoms with van der Waals surface area (Å²) >= 11 is 0. The Bertz CT molecular complexity index is 617. The third-order valence-electron chi connectivity index (χ3n) is 2.17. The van der Waals surface area contributed by atoms with Crippen LogP contribution in [0, 0.1) is 17.5 Å². The Morgan fingerprint density at radius 3 is 2.74 bits per heavy atom. The molecule has 0 bridgehead atoms. The van der Waals surface area contributed by atoms with Gasteiger partial charge in [-0.25, -0.2) is 8.78 Å². The SMILES string of the molecule is O=C(NCc1nn[nH]n1)c1cc(F)c(F)c(O)c1F. The fourth-order valence-corrected chi connectivity index (χ4v) is 1.27. The predicted molar refractivity (Wildman–Crippen MR) is 53.3 cm³/mol. The second kappa shape index (κ2) is 4.92. The number of nitrogens with one attached hydrogen (secondary N) is 2. The molecule has 0 saturated carbocycles. The number of hydrogen-bond acceptors (Lipinski definition) is 5. The summed E-state index contributed by atoms with van der Waals surface area (Å²) in [4.78, 5) is 11.5. The van der Waals surface area contributed by atoms with Gasteiger partial charge in [-0.05, 0) is 6.07 Å². The molecule has 1 aromatic carbocycles. The normalized spacial score (nSPS) is 10.5. The van der Waals surface area contributed by atoms with E-state index < -0.39 is 34.7 Å². The molecule has 1 heterocycles. The van der Waals surface area contributed by atoms with E-state index in [1.54, 1.807) is 0 Å². The number of carbonyl (C=O) groups excluding carboxylic acids is 1. The molecule has 0 atom stereocenters. The molecule has 2 rings (SSSR count). The number of aromatic amines is 1. The monoisotopic (exact) mass is 273 g/mol. The number of rotatable bonds is 3. The quantitative estimate of drug-likeness (QED) is 0.695. The first-order valence-electron chi connectivity index (χ1n) is 4.87. The van der Waals surface area contributed by atoms with Gasteiger partial charge in [-0.15, -0.1) is 10.2 Å². The van der Waals surface area contributed by atoms with Gasteiger partial charge in [0.05, 0.1) is 12.1 Å². The highest BCUT2D eigenvalue weighted by atomic mass is 19.2. The van der Waals surface area contributed by atoms with E-state index in [1.165, 1.54) is 0 Å². The van der Waals surface area contributed by atoms with Crippen LogP contribution in [0.5, 0.6) is 5.75 Å². The van der Waals surface area contributed by atoms with Crippen molar-refractivity contribution in [2.75, 3.05) is 0 Å². The van der Waals surface area contributed by atoms with E-state index in [2.05, 4.69) is 25.9 Å². The minimum Gasteiger partial charge on any atom is -0.503 e. The summed E-state index contributed by atoms with van der Waals surface area (Å²) in [6, 6.07) is 0.343. The molecule has 3 N–H and O–H groups in total. The number of aromatic hydroxyl groups is 1. The summed E-state index contributed by atoms with van der Waals surface area (Å²) in [5, 5.41) is 23.5. The molecule has 0 spiro atoms. The third-order valence-corrected chi connectivity index (χ3v) is 2.17. The maximum absolute atomic E-state index is 13.4. The zero-order valence-electron chi connectivity index (χ0n) is 9.12. The number of hydrogen-bond donors (Lipinski definition) is 3. The Morgan fingerprint density at radius 2 is 2.11 bits per heavy atom. The van der Waals surface area contributed by atoms with Crippen LogP contribution in [-0.4, -0.2) is 31.6 Å². The van der Waals surface area contributed by atoms with Gasteiger partial charge in [-0.1, -0.05) is 5.21 Å². The molecule has 0 aliphatic carbocycles. The molecule has 2 aromatic rings. The van der Waals surface area contributed by atoms with Crippen molar-refractivity contribution < 1.29 is 23.1 Å². The molecule has 0 aliphatic rings. The lowest BCUT2D eigenvalue weighted by Gasteiger charge is -2.06. The minimum absolute atomic E-state index is 0.112. The van der Waals surface area contributed by atoms with Crippen LogP contribution in [-0.2, 0) is 6.54 Å². The molecular weight excluding hydrogens is 267 g/mol. The molecule has 0 saturated heterocycles. The summed E-state index contributed by atoms with van der Waals surface area (Å²) < 4.78 is 39.2. The average molecular weight is 273 g/mol. The van der Waals surface area contributed by atoms with Crippen molar-refractivity contribution in [1.82, 2.24) is 25.9 Å². The van der Waals surface area contributed by atoms with Crippen molar-refractivity contribution in [3.63, 3.8) is 0 Å². The molecule has 19 heavy (non-hydrogen) atoms. The fraction of sp³-hybridized carbons (Fsp3) is 0.111. The van der Waals surface area contributed by atoms with E-state index in [0.717, 1.165) is 0 Å². The maximum Gasteiger partial charge on any atom is 0.254 e. The Hall–Kier alpha value is -2.65. The number of phenolic OH excluding ortho intramolecular Hbond substituents is 1. The molecule has 0 radical (unpaired) electrons. The second-order valence-electron chi connectivity index (χ2n) is 3.39. The van der Waals surface area contributed by atoms with Gasteiger partial charge in [-0.3, -0.25) is 4.79 Å². The predicted octanol–water partition coefficient (Wildman–Crippen LogP) is 0.253. The van der Waals surface area contributed by atoms with Gasteiger partial charge in [0.2, 0.25) is 5.82 Å². The number of H-pyrrole nitrogens is 1. The van der Waals surface area contributed by atoms with Crippen LogP contribution in [0.4, 0.5) is 13.2 Å². The Labute approximate surface area is 103 Å². The number of amides is 1. The van der Waals surface area contributed by atoms with Crippen molar-refractivity contribution in [2.45, 2.75) is 6.54 Å². The van der Waals surface area contributed by atoms with Gasteiger partial charge in [-0.2, -0.15) is 9.60 Å². The molecule has 0 unspecified atom stereocenters. The van der Waals surface area contributed by atoms with Crippen LogP contribution >= 0.6 is 0 Å². The van der Waals surface area contributed by atoms with Crippen LogP contribution in [0.3, 0.4) is 0 Å². The summed E-state index contributed by atoms with van der Waals surface area (Å²) in [6.45, 7) is -0.200. The lowest BCUT2D eigenvalue weighted by atomic mass is 10.1. The number of halogens is 3. The zero-order chi connectivity index (χ0) is 14.0. The van der Waals surface area contributed by atoms with Crippen molar-refractivity contribution >= 4 is 5.91 Å². The van der Waals surface area contributed by atoms with Crippen LogP contribution in [0.15, 0.2) is 6.07 Å². The number of nitrogens with zero attached hydrogens (tertiary/aromatic N) is 3. The van der Waals surface area contributed by atoms with Gasteiger partial charge in [0.25, 0.3) is 5.91 Å². The molecule has 1 amide bonds. The summed E-state index contributed by atoms with van der Waals surface area (Å²) in [5.74, 6) is -7.35. The molecule has 0 aliphatic heterocycles. The molecule has 100 valence electrons. The highest BCUT2D eigenvalue weighted by molar-refractivity contribution is 5.94. The average Bonchev–Trinajstić information content (AvgIpc) is 2.91. The van der Waals surface area contributed by atoms with Gasteiger partial charge < -0.3 is 10.4 Å². The summed E-state index contributed by atoms with van der Waals surface area (Å²) in [6.07, 6.45) is 0. The van der Waals surface area contributed by atoms with Crippen LogP contribution in [0.25, 0.3) is 0 Å². The van der Waals surface area contributed by atoms with E-state index in [1.807, 2.05) is 0 Å². The van der Waals surface area contributed by atoms with Crippen molar-refractivity contribution in [2.24, 2.45) is 0 Å². The van der Waals surface area contributed by atoms with Gasteiger partial charge in [0.1, 0.15) is 0 Å². The number of aromatic nitrogens is 4. The number of phenols is 1. The van der Waals surface area contributed by atoms with Gasteiger partial charge >= 0.3 is 0 Å². The highest BCUT2D eigenvalue weighted by Gasteiger charge is 2.22. The van der Waals surface area contributed by atoms with Gasteiger partial charge in [0, 0.05) is 0 Å². The highest BCUT2D eigenvalue weighted by Crippen LogP contribution is 2.25. The molecule has 0 fully saturated rings. The second-order valence-corrected chi connectivity index (χ2v) is 3.39. The number of tetrazole rings is 1. The largest absolute Gasteiger partial charge is 0.503 e. The lowest BCUT2D eigenvalue weighted by Crippen LogP contribution is -2.25. The van der Waals surface area contributed by atoms with E-state index in [9.17, 15) is 18.0 Å². The Kier molecular flexibility index (Phi) is 3.31. The molecular formula is C9H6F3N5O2. The smallest absolute Gasteiger partial charge is 0.254 e.